The number of rotatable bonds is 5. The molecule has 1 saturated heterocycles. The third kappa shape index (κ3) is 4.50. The second-order valence-corrected chi connectivity index (χ2v) is 10.1. The Hall–Kier alpha value is -2.05. The molecule has 0 N–H and O–H groups in total. The first-order chi connectivity index (χ1) is 13.2. The molecule has 0 saturated carbocycles. The highest BCUT2D eigenvalue weighted by atomic mass is 35.5. The fourth-order valence-electron chi connectivity index (χ4n) is 3.39. The van der Waals surface area contributed by atoms with E-state index in [1.54, 1.807) is 73.3 Å². The maximum atomic E-state index is 12.9. The molecule has 2 aromatic rings. The number of likely N-dealkylation sites (tertiary alicyclic amines) is 1. The van der Waals surface area contributed by atoms with Crippen LogP contribution >= 0.6 is 11.6 Å². The number of sulfone groups is 1. The van der Waals surface area contributed by atoms with Gasteiger partial charge in [-0.3, -0.25) is 4.79 Å². The van der Waals surface area contributed by atoms with Crippen LogP contribution in [0.4, 0.5) is 0 Å². The predicted octanol–water partition coefficient (Wildman–Crippen LogP) is 3.96. The molecule has 0 aromatic heterocycles. The third-order valence-corrected chi connectivity index (χ3v) is 7.47. The van der Waals surface area contributed by atoms with Crippen molar-refractivity contribution in [3.05, 3.63) is 59.6 Å². The van der Waals surface area contributed by atoms with Crippen molar-refractivity contribution in [2.24, 2.45) is 0 Å². The summed E-state index contributed by atoms with van der Waals surface area (Å²) in [6, 6.07) is 15.3. The number of hydrogen-bond acceptors (Lipinski definition) is 4. The van der Waals surface area contributed by atoms with Crippen LogP contribution in [0.1, 0.15) is 26.7 Å². The van der Waals surface area contributed by atoms with Crippen LogP contribution in [0.2, 0.25) is 5.02 Å². The van der Waals surface area contributed by atoms with Crippen molar-refractivity contribution in [3.63, 3.8) is 0 Å². The second-order valence-electron chi connectivity index (χ2n) is 7.42. The van der Waals surface area contributed by atoms with Gasteiger partial charge >= 0.3 is 0 Å². The summed E-state index contributed by atoms with van der Waals surface area (Å²) in [4.78, 5) is 15.0. The fourth-order valence-corrected chi connectivity index (χ4v) is 5.27. The van der Waals surface area contributed by atoms with Gasteiger partial charge in [0.1, 0.15) is 5.75 Å². The summed E-state index contributed by atoms with van der Waals surface area (Å²) in [5.74, 6) is 0.405. The SMILES string of the molecule is CC(C)(Oc1ccc(Cl)cc1)C(=O)N1CCC(S(=O)(=O)c2ccccc2)CC1. The topological polar surface area (TPSA) is 63.7 Å². The van der Waals surface area contributed by atoms with Crippen LogP contribution in [0, 0.1) is 0 Å². The zero-order valence-electron chi connectivity index (χ0n) is 16.0. The van der Waals surface area contributed by atoms with Gasteiger partial charge < -0.3 is 9.64 Å². The lowest BCUT2D eigenvalue weighted by molar-refractivity contribution is -0.146. The average molecular weight is 422 g/mol. The van der Waals surface area contributed by atoms with Gasteiger partial charge in [-0.25, -0.2) is 8.42 Å². The smallest absolute Gasteiger partial charge is 0.266 e. The molecule has 150 valence electrons. The molecule has 0 spiro atoms. The number of halogens is 1. The van der Waals surface area contributed by atoms with Crippen LogP contribution in [-0.4, -0.2) is 43.2 Å². The number of carbonyl (C=O) groups is 1. The highest BCUT2D eigenvalue weighted by molar-refractivity contribution is 7.92. The molecule has 28 heavy (non-hydrogen) atoms. The first-order valence-electron chi connectivity index (χ1n) is 9.23. The molecule has 7 heteroatoms. The highest BCUT2D eigenvalue weighted by Crippen LogP contribution is 2.27. The molecule has 1 fully saturated rings. The van der Waals surface area contributed by atoms with Gasteiger partial charge in [-0.05, 0) is 63.1 Å². The second kappa shape index (κ2) is 8.13. The van der Waals surface area contributed by atoms with Crippen molar-refractivity contribution in [3.8, 4) is 5.75 Å². The third-order valence-electron chi connectivity index (χ3n) is 4.94. The van der Waals surface area contributed by atoms with Crippen LogP contribution < -0.4 is 4.74 Å². The van der Waals surface area contributed by atoms with Crippen LogP contribution in [0.25, 0.3) is 0 Å². The summed E-state index contributed by atoms with van der Waals surface area (Å²) in [6.07, 6.45) is 0.833. The van der Waals surface area contributed by atoms with Crippen molar-refractivity contribution in [2.75, 3.05) is 13.1 Å². The first-order valence-corrected chi connectivity index (χ1v) is 11.2. The van der Waals surface area contributed by atoms with E-state index in [2.05, 4.69) is 0 Å². The lowest BCUT2D eigenvalue weighted by atomic mass is 10.0. The molecule has 0 radical (unpaired) electrons. The molecule has 1 heterocycles. The Morgan fingerprint density at radius 3 is 2.18 bits per heavy atom. The molecule has 0 aliphatic carbocycles. The zero-order valence-corrected chi connectivity index (χ0v) is 17.5. The minimum absolute atomic E-state index is 0.155. The summed E-state index contributed by atoms with van der Waals surface area (Å²) in [5.41, 5.74) is -1.06. The molecular formula is C21H24ClNO4S. The number of piperidine rings is 1. The summed E-state index contributed by atoms with van der Waals surface area (Å²) >= 11 is 5.88. The van der Waals surface area contributed by atoms with E-state index >= 15 is 0 Å². The number of amides is 1. The van der Waals surface area contributed by atoms with Crippen molar-refractivity contribution >= 4 is 27.3 Å². The van der Waals surface area contributed by atoms with Gasteiger partial charge in [0, 0.05) is 18.1 Å². The first kappa shape index (κ1) is 20.7. The normalized spacial score (nSPS) is 16.0. The lowest BCUT2D eigenvalue weighted by Crippen LogP contribution is -2.52. The summed E-state index contributed by atoms with van der Waals surface area (Å²) in [5, 5.41) is 0.123. The Morgan fingerprint density at radius 2 is 1.61 bits per heavy atom. The Labute approximate surface area is 171 Å². The standard InChI is InChI=1S/C21H24ClNO4S/c1-21(2,27-17-10-8-16(22)9-11-17)20(24)23-14-12-19(13-15-23)28(25,26)18-6-4-3-5-7-18/h3-11,19H,12-15H2,1-2H3. The number of ether oxygens (including phenoxy) is 1. The molecule has 3 rings (SSSR count). The molecule has 1 aliphatic rings. The quantitative estimate of drug-likeness (QED) is 0.732. The molecule has 5 nitrogen and oxygen atoms in total. The Balaban J connectivity index is 1.63. The minimum Gasteiger partial charge on any atom is -0.478 e. The van der Waals surface area contributed by atoms with Gasteiger partial charge in [-0.1, -0.05) is 29.8 Å². The summed E-state index contributed by atoms with van der Waals surface area (Å²) in [7, 11) is -3.38. The minimum atomic E-state index is -3.38. The van der Waals surface area contributed by atoms with Crippen molar-refractivity contribution in [2.45, 2.75) is 42.4 Å². The van der Waals surface area contributed by atoms with Gasteiger partial charge in [0.2, 0.25) is 0 Å². The number of carbonyl (C=O) groups excluding carboxylic acids is 1. The van der Waals surface area contributed by atoms with Crippen LogP contribution in [0.5, 0.6) is 5.75 Å². The molecule has 0 atom stereocenters. The van der Waals surface area contributed by atoms with E-state index in [0.29, 0.717) is 41.6 Å². The van der Waals surface area contributed by atoms with Gasteiger partial charge in [0.15, 0.2) is 15.4 Å². The molecular weight excluding hydrogens is 398 g/mol. The number of hydrogen-bond donors (Lipinski definition) is 0. The van der Waals surface area contributed by atoms with Gasteiger partial charge in [-0.2, -0.15) is 0 Å². The summed E-state index contributed by atoms with van der Waals surface area (Å²) < 4.78 is 31.4. The molecule has 2 aromatic carbocycles. The van der Waals surface area contributed by atoms with Gasteiger partial charge in [0.05, 0.1) is 10.1 Å². The lowest BCUT2D eigenvalue weighted by Gasteiger charge is -2.36. The van der Waals surface area contributed by atoms with E-state index in [9.17, 15) is 13.2 Å². The molecule has 1 amide bonds. The van der Waals surface area contributed by atoms with Crippen LogP contribution in [0.15, 0.2) is 59.5 Å². The van der Waals surface area contributed by atoms with Gasteiger partial charge in [0.25, 0.3) is 5.91 Å². The molecule has 0 unspecified atom stereocenters. The highest BCUT2D eigenvalue weighted by Gasteiger charge is 2.38. The maximum absolute atomic E-state index is 12.9. The zero-order chi connectivity index (χ0) is 20.4. The largest absolute Gasteiger partial charge is 0.478 e. The van der Waals surface area contributed by atoms with E-state index in [1.807, 2.05) is 0 Å². The number of nitrogens with zero attached hydrogens (tertiary/aromatic N) is 1. The Kier molecular flexibility index (Phi) is 6.01. The summed E-state index contributed by atoms with van der Waals surface area (Å²) in [6.45, 7) is 4.22. The van der Waals surface area contributed by atoms with Crippen molar-refractivity contribution in [1.29, 1.82) is 0 Å². The van der Waals surface area contributed by atoms with E-state index in [0.717, 1.165) is 0 Å². The Bertz CT molecular complexity index is 919. The Morgan fingerprint density at radius 1 is 1.04 bits per heavy atom. The van der Waals surface area contributed by atoms with E-state index in [1.165, 1.54) is 0 Å². The van der Waals surface area contributed by atoms with Crippen LogP contribution in [-0.2, 0) is 14.6 Å². The average Bonchev–Trinajstić information content (AvgIpc) is 2.70. The van der Waals surface area contributed by atoms with Crippen molar-refractivity contribution < 1.29 is 17.9 Å². The van der Waals surface area contributed by atoms with E-state index < -0.39 is 20.7 Å². The van der Waals surface area contributed by atoms with E-state index in [-0.39, 0.29) is 5.91 Å². The van der Waals surface area contributed by atoms with E-state index in [4.69, 9.17) is 16.3 Å². The number of benzene rings is 2. The monoisotopic (exact) mass is 421 g/mol. The van der Waals surface area contributed by atoms with Crippen molar-refractivity contribution in [1.82, 2.24) is 4.90 Å². The predicted molar refractivity (Wildman–Crippen MR) is 109 cm³/mol. The maximum Gasteiger partial charge on any atom is 0.266 e. The van der Waals surface area contributed by atoms with Crippen LogP contribution in [0.3, 0.4) is 0 Å². The molecule has 1 aliphatic heterocycles. The fraction of sp³-hybridized carbons (Fsp3) is 0.381. The molecule has 0 bridgehead atoms. The van der Waals surface area contributed by atoms with Gasteiger partial charge in [-0.15, -0.1) is 0 Å².